The summed E-state index contributed by atoms with van der Waals surface area (Å²) in [6.07, 6.45) is 6.42. The van der Waals surface area contributed by atoms with Gasteiger partial charge in [0.15, 0.2) is 7.15 Å². The van der Waals surface area contributed by atoms with Crippen molar-refractivity contribution in [2.45, 2.75) is 19.3 Å². The first kappa shape index (κ1) is 16.3. The van der Waals surface area contributed by atoms with Gasteiger partial charge in [-0.3, -0.25) is 0 Å². The lowest BCUT2D eigenvalue weighted by molar-refractivity contribution is -0.578. The lowest BCUT2D eigenvalue weighted by Gasteiger charge is -1.95. The molecule has 1 nitrogen and oxygen atoms in total. The quantitative estimate of drug-likeness (QED) is 0.432. The van der Waals surface area contributed by atoms with Crippen LogP contribution >= 0.6 is 0 Å². The smallest absolute Gasteiger partial charge is 0.497 e. The Kier molecular flexibility index (Phi) is 6.67. The number of rotatable bonds is 3. The van der Waals surface area contributed by atoms with Crippen LogP contribution in [0.3, 0.4) is 0 Å². The monoisotopic (exact) mass is 388 g/mol. The van der Waals surface area contributed by atoms with Gasteiger partial charge in [-0.15, -0.1) is 0 Å². The van der Waals surface area contributed by atoms with Crippen molar-refractivity contribution in [3.63, 3.8) is 0 Å². The molecule has 0 unspecified atom stereocenters. The Balaban J connectivity index is 0.000000312. The summed E-state index contributed by atoms with van der Waals surface area (Å²) in [6, 6.07) is 8.52. The largest absolute Gasteiger partial charge is 0.673 e. The van der Waals surface area contributed by atoms with E-state index in [9.17, 15) is 17.3 Å². The average Bonchev–Trinajstić information content (AvgIpc) is 2.81. The fourth-order valence-electron chi connectivity index (χ4n) is 1.49. The third kappa shape index (κ3) is 8.12. The van der Waals surface area contributed by atoms with Gasteiger partial charge in [0.05, 0.1) is 7.11 Å². The van der Waals surface area contributed by atoms with E-state index >= 15 is 0 Å². The molecule has 0 spiro atoms. The maximum Gasteiger partial charge on any atom is 0.673 e. The van der Waals surface area contributed by atoms with Gasteiger partial charge in [-0.2, -0.15) is 0 Å². The van der Waals surface area contributed by atoms with E-state index in [4.69, 9.17) is 4.74 Å². The maximum atomic E-state index is 9.75. The maximum absolute atomic E-state index is 9.75. The van der Waals surface area contributed by atoms with Crippen molar-refractivity contribution < 1.29 is 43.2 Å². The molecule has 0 heterocycles. The molecule has 0 radical (unpaired) electrons. The van der Waals surface area contributed by atoms with E-state index in [-0.39, 0.29) is 21.2 Å². The molecule has 1 aromatic carbocycles. The third-order valence-corrected chi connectivity index (χ3v) is 5.28. The van der Waals surface area contributed by atoms with E-state index in [1.807, 2.05) is 0 Å². The summed E-state index contributed by atoms with van der Waals surface area (Å²) in [5.41, 5.74) is 0. The summed E-state index contributed by atoms with van der Waals surface area (Å²) >= 11 is 0.111. The van der Waals surface area contributed by atoms with Crippen molar-refractivity contribution in [3.05, 3.63) is 37.5 Å². The normalized spacial score (nSPS) is 14.5. The van der Waals surface area contributed by atoms with Gasteiger partial charge in [-0.25, -0.2) is 0 Å². The van der Waals surface area contributed by atoms with Gasteiger partial charge >= 0.3 is 28.5 Å². The predicted molar refractivity (Wildman–Crippen MR) is 63.8 cm³/mol. The topological polar surface area (TPSA) is 9.23 Å². The van der Waals surface area contributed by atoms with Crippen LogP contribution in [0.2, 0.25) is 0 Å². The highest BCUT2D eigenvalue weighted by Gasteiger charge is 2.21. The molecule has 0 saturated carbocycles. The number of hydrogen-bond acceptors (Lipinski definition) is 1. The molecule has 106 valence electrons. The van der Waals surface area contributed by atoms with E-state index in [0.717, 1.165) is 5.75 Å². The standard InChI is InChI=1S/C12H14IO.BF4/c1-14-12-8-6-11(7-9-12)13-10-4-2-3-5-10;2-1(3,4)5/h4,6-9H,2-3,5H2,1H3;/q+1;-1. The minimum absolute atomic E-state index is 0.111. The third-order valence-electron chi connectivity index (χ3n) is 2.27. The molecule has 19 heavy (non-hydrogen) atoms. The Bertz CT molecular complexity index is 411. The van der Waals surface area contributed by atoms with E-state index < -0.39 is 7.25 Å². The highest BCUT2D eigenvalue weighted by molar-refractivity contribution is 6.50. The zero-order valence-corrected chi connectivity index (χ0v) is 12.5. The van der Waals surface area contributed by atoms with Crippen LogP contribution in [-0.2, 0) is 0 Å². The number of hydrogen-bond donors (Lipinski definition) is 0. The van der Waals surface area contributed by atoms with E-state index in [2.05, 4.69) is 30.3 Å². The van der Waals surface area contributed by atoms with Gasteiger partial charge in [-0.1, -0.05) is 0 Å². The Morgan fingerprint density at radius 1 is 1.11 bits per heavy atom. The summed E-state index contributed by atoms with van der Waals surface area (Å²) in [7, 11) is -4.29. The Morgan fingerprint density at radius 3 is 2.11 bits per heavy atom. The second-order valence-electron chi connectivity index (χ2n) is 3.79. The number of ether oxygens (including phenoxy) is 1. The number of benzene rings is 1. The molecule has 0 N–H and O–H groups in total. The number of allylic oxidation sites excluding steroid dienone is 2. The Morgan fingerprint density at radius 2 is 1.68 bits per heavy atom. The average molecular weight is 388 g/mol. The summed E-state index contributed by atoms with van der Waals surface area (Å²) in [6.45, 7) is 0. The molecule has 0 saturated heterocycles. The van der Waals surface area contributed by atoms with Crippen molar-refractivity contribution in [3.8, 4) is 5.75 Å². The fraction of sp³-hybridized carbons (Fsp3) is 0.333. The molecule has 0 aromatic heterocycles. The van der Waals surface area contributed by atoms with Crippen LogP contribution in [0.4, 0.5) is 17.3 Å². The van der Waals surface area contributed by atoms with E-state index in [0.29, 0.717) is 0 Å². The highest BCUT2D eigenvalue weighted by atomic mass is 127. The second-order valence-corrected chi connectivity index (χ2v) is 6.96. The zero-order chi connectivity index (χ0) is 14.3. The minimum atomic E-state index is -6.00. The molecule has 7 heteroatoms. The summed E-state index contributed by atoms with van der Waals surface area (Å²) in [5, 5.41) is 0. The molecule has 1 aromatic rings. The van der Waals surface area contributed by atoms with Gasteiger partial charge in [0.25, 0.3) is 0 Å². The van der Waals surface area contributed by atoms with Crippen LogP contribution in [0.25, 0.3) is 0 Å². The first-order valence-corrected chi connectivity index (χ1v) is 7.89. The van der Waals surface area contributed by atoms with Crippen LogP contribution < -0.4 is 25.9 Å². The van der Waals surface area contributed by atoms with E-state index in [1.54, 1.807) is 10.7 Å². The van der Waals surface area contributed by atoms with Crippen molar-refractivity contribution in [1.82, 2.24) is 0 Å². The minimum Gasteiger partial charge on any atom is -0.497 e. The lowest BCUT2D eigenvalue weighted by atomic mass is 10.3. The van der Waals surface area contributed by atoms with Crippen molar-refractivity contribution >= 4 is 7.25 Å². The molecule has 1 aliphatic rings. The zero-order valence-electron chi connectivity index (χ0n) is 10.4. The van der Waals surface area contributed by atoms with Gasteiger partial charge < -0.3 is 22.0 Å². The summed E-state index contributed by atoms with van der Waals surface area (Å²) in [5.74, 6) is 0.957. The summed E-state index contributed by atoms with van der Waals surface area (Å²) in [4.78, 5) is 0. The molecule has 0 atom stereocenters. The molecular weight excluding hydrogens is 374 g/mol. The van der Waals surface area contributed by atoms with Crippen LogP contribution in [0.1, 0.15) is 19.3 Å². The van der Waals surface area contributed by atoms with Crippen LogP contribution in [0.15, 0.2) is 33.9 Å². The van der Waals surface area contributed by atoms with Crippen LogP contribution in [-0.4, -0.2) is 14.4 Å². The molecule has 0 bridgehead atoms. The first-order valence-electron chi connectivity index (χ1n) is 5.74. The Hall–Kier alpha value is -0.725. The molecule has 0 fully saturated rings. The van der Waals surface area contributed by atoms with Gasteiger partial charge in [-0.05, 0) is 43.2 Å². The summed E-state index contributed by atoms with van der Waals surface area (Å²) < 4.78 is 47.3. The highest BCUT2D eigenvalue weighted by Crippen LogP contribution is 2.10. The molecule has 0 aliphatic heterocycles. The first-order chi connectivity index (χ1) is 8.88. The molecule has 1 aliphatic carbocycles. The van der Waals surface area contributed by atoms with Gasteiger partial charge in [0.2, 0.25) is 0 Å². The number of methoxy groups -OCH3 is 1. The Labute approximate surface area is 120 Å². The predicted octanol–water partition coefficient (Wildman–Crippen LogP) is 1.32. The number of halogens is 5. The van der Waals surface area contributed by atoms with Gasteiger partial charge in [0.1, 0.15) is 5.75 Å². The van der Waals surface area contributed by atoms with Crippen LogP contribution in [0, 0.1) is 3.57 Å². The lowest BCUT2D eigenvalue weighted by Crippen LogP contribution is -3.60. The molecular formula is C12H14BF4IO. The van der Waals surface area contributed by atoms with Crippen molar-refractivity contribution in [2.24, 2.45) is 0 Å². The second kappa shape index (κ2) is 7.76. The van der Waals surface area contributed by atoms with Crippen molar-refractivity contribution in [1.29, 1.82) is 0 Å². The van der Waals surface area contributed by atoms with E-state index in [1.165, 1.54) is 22.8 Å². The molecule has 0 amide bonds. The van der Waals surface area contributed by atoms with Crippen LogP contribution in [0.5, 0.6) is 5.75 Å². The van der Waals surface area contributed by atoms with Gasteiger partial charge in [0, 0.05) is 6.42 Å². The fourth-order valence-corrected chi connectivity index (χ4v) is 4.19. The SMILES string of the molecule is COc1ccc([I+]C2=CCCC2)cc1.F[B-](F)(F)F. The van der Waals surface area contributed by atoms with Crippen molar-refractivity contribution in [2.75, 3.05) is 7.11 Å². The molecule has 2 rings (SSSR count).